The molecule has 0 amide bonds. The molecule has 0 atom stereocenters. The van der Waals surface area contributed by atoms with Crippen LogP contribution in [0.3, 0.4) is 0 Å². The Morgan fingerprint density at radius 1 is 1.24 bits per heavy atom. The third kappa shape index (κ3) is 7.55. The highest BCUT2D eigenvalue weighted by molar-refractivity contribution is 6.32. The minimum atomic E-state index is -4.16. The van der Waals surface area contributed by atoms with E-state index < -0.39 is 12.6 Å². The SMILES string of the molecule is COCCNCc1cccc(Cl)c1OCCCC(F)(F)F. The van der Waals surface area contributed by atoms with Gasteiger partial charge in [-0.25, -0.2) is 0 Å². The molecule has 1 rings (SSSR count). The second-order valence-electron chi connectivity index (χ2n) is 4.46. The summed E-state index contributed by atoms with van der Waals surface area (Å²) < 4.78 is 46.6. The van der Waals surface area contributed by atoms with Gasteiger partial charge in [-0.3, -0.25) is 0 Å². The van der Waals surface area contributed by atoms with Crippen LogP contribution < -0.4 is 10.1 Å². The lowest BCUT2D eigenvalue weighted by molar-refractivity contribution is -0.136. The van der Waals surface area contributed by atoms with Crippen molar-refractivity contribution in [2.45, 2.75) is 25.6 Å². The van der Waals surface area contributed by atoms with Crippen molar-refractivity contribution in [3.05, 3.63) is 28.8 Å². The number of alkyl halides is 3. The fraction of sp³-hybridized carbons (Fsp3) is 0.571. The number of benzene rings is 1. The first-order valence-electron chi connectivity index (χ1n) is 6.60. The van der Waals surface area contributed by atoms with Gasteiger partial charge in [0.05, 0.1) is 18.2 Å². The van der Waals surface area contributed by atoms with E-state index in [1.165, 1.54) is 0 Å². The van der Waals surface area contributed by atoms with E-state index >= 15 is 0 Å². The molecular formula is C14H19ClF3NO2. The van der Waals surface area contributed by atoms with E-state index in [1.807, 2.05) is 6.07 Å². The van der Waals surface area contributed by atoms with Crippen LogP contribution in [-0.4, -0.2) is 33.0 Å². The van der Waals surface area contributed by atoms with Gasteiger partial charge in [0, 0.05) is 32.2 Å². The molecule has 1 aromatic rings. The summed E-state index contributed by atoms with van der Waals surface area (Å²) in [5.74, 6) is 0.436. The summed E-state index contributed by atoms with van der Waals surface area (Å²) in [6.07, 6.45) is -5.11. The Morgan fingerprint density at radius 2 is 2.00 bits per heavy atom. The molecule has 21 heavy (non-hydrogen) atoms. The minimum Gasteiger partial charge on any atom is -0.492 e. The summed E-state index contributed by atoms with van der Waals surface area (Å²) in [5, 5.41) is 3.54. The van der Waals surface area contributed by atoms with Crippen molar-refractivity contribution in [2.24, 2.45) is 0 Å². The van der Waals surface area contributed by atoms with Gasteiger partial charge in [0.15, 0.2) is 0 Å². The fourth-order valence-corrected chi connectivity index (χ4v) is 1.95. The van der Waals surface area contributed by atoms with Crippen LogP contribution in [0.2, 0.25) is 5.02 Å². The summed E-state index contributed by atoms with van der Waals surface area (Å²) in [6.45, 7) is 1.73. The van der Waals surface area contributed by atoms with Gasteiger partial charge in [0.2, 0.25) is 0 Å². The van der Waals surface area contributed by atoms with Gasteiger partial charge in [-0.2, -0.15) is 13.2 Å². The lowest BCUT2D eigenvalue weighted by atomic mass is 10.2. The third-order valence-corrected chi connectivity index (χ3v) is 3.00. The van der Waals surface area contributed by atoms with Crippen molar-refractivity contribution in [3.63, 3.8) is 0 Å². The van der Waals surface area contributed by atoms with Crippen LogP contribution in [0.15, 0.2) is 18.2 Å². The Bertz CT molecular complexity index is 427. The molecule has 0 aliphatic rings. The molecule has 0 aromatic heterocycles. The molecule has 0 aliphatic carbocycles. The number of nitrogens with one attached hydrogen (secondary N) is 1. The maximum absolute atomic E-state index is 12.1. The zero-order chi connectivity index (χ0) is 15.7. The summed E-state index contributed by atoms with van der Waals surface area (Å²) >= 11 is 6.04. The molecule has 3 nitrogen and oxygen atoms in total. The molecule has 120 valence electrons. The first-order chi connectivity index (χ1) is 9.94. The van der Waals surface area contributed by atoms with Crippen LogP contribution in [0.25, 0.3) is 0 Å². The number of methoxy groups -OCH3 is 1. The Balaban J connectivity index is 2.51. The molecule has 0 aliphatic heterocycles. The molecule has 1 N–H and O–H groups in total. The predicted molar refractivity (Wildman–Crippen MR) is 75.8 cm³/mol. The average Bonchev–Trinajstić information content (AvgIpc) is 2.40. The molecule has 0 spiro atoms. The van der Waals surface area contributed by atoms with Gasteiger partial charge in [-0.1, -0.05) is 23.7 Å². The van der Waals surface area contributed by atoms with Crippen LogP contribution in [0.5, 0.6) is 5.75 Å². The van der Waals surface area contributed by atoms with E-state index in [0.29, 0.717) is 30.5 Å². The third-order valence-electron chi connectivity index (χ3n) is 2.70. The highest BCUT2D eigenvalue weighted by atomic mass is 35.5. The highest BCUT2D eigenvalue weighted by Crippen LogP contribution is 2.29. The Morgan fingerprint density at radius 3 is 2.67 bits per heavy atom. The molecule has 0 heterocycles. The normalized spacial score (nSPS) is 11.7. The monoisotopic (exact) mass is 325 g/mol. The van der Waals surface area contributed by atoms with Crippen LogP contribution >= 0.6 is 11.6 Å². The van der Waals surface area contributed by atoms with E-state index in [-0.39, 0.29) is 13.0 Å². The number of rotatable bonds is 9. The van der Waals surface area contributed by atoms with Crippen molar-refractivity contribution in [3.8, 4) is 5.75 Å². The lowest BCUT2D eigenvalue weighted by Gasteiger charge is -2.14. The number of halogens is 4. The predicted octanol–water partition coefficient (Wildman–Crippen LogP) is 3.80. The van der Waals surface area contributed by atoms with Crippen molar-refractivity contribution < 1.29 is 22.6 Å². The molecule has 0 fully saturated rings. The summed E-state index contributed by atoms with van der Waals surface area (Å²) in [6, 6.07) is 5.25. The van der Waals surface area contributed by atoms with Gasteiger partial charge >= 0.3 is 6.18 Å². The Labute approximate surface area is 127 Å². The van der Waals surface area contributed by atoms with Crippen LogP contribution in [0.4, 0.5) is 13.2 Å². The van der Waals surface area contributed by atoms with Crippen molar-refractivity contribution >= 4 is 11.6 Å². The Hall–Kier alpha value is -0.980. The van der Waals surface area contributed by atoms with Crippen LogP contribution in [0, 0.1) is 0 Å². The second kappa shape index (κ2) is 9.12. The zero-order valence-corrected chi connectivity index (χ0v) is 12.6. The van der Waals surface area contributed by atoms with E-state index in [4.69, 9.17) is 21.1 Å². The Kier molecular flexibility index (Phi) is 7.85. The van der Waals surface area contributed by atoms with Gasteiger partial charge < -0.3 is 14.8 Å². The summed E-state index contributed by atoms with van der Waals surface area (Å²) in [4.78, 5) is 0. The van der Waals surface area contributed by atoms with E-state index in [9.17, 15) is 13.2 Å². The zero-order valence-electron chi connectivity index (χ0n) is 11.8. The average molecular weight is 326 g/mol. The fourth-order valence-electron chi connectivity index (χ4n) is 1.70. The minimum absolute atomic E-state index is 0.0195. The number of hydrogen-bond donors (Lipinski definition) is 1. The number of para-hydroxylation sites is 1. The molecule has 0 radical (unpaired) electrons. The van der Waals surface area contributed by atoms with Crippen molar-refractivity contribution in [2.75, 3.05) is 26.9 Å². The molecular weight excluding hydrogens is 307 g/mol. The van der Waals surface area contributed by atoms with Crippen molar-refractivity contribution in [1.29, 1.82) is 0 Å². The molecule has 0 bridgehead atoms. The highest BCUT2D eigenvalue weighted by Gasteiger charge is 2.26. The van der Waals surface area contributed by atoms with E-state index in [2.05, 4.69) is 5.32 Å². The molecule has 0 saturated heterocycles. The maximum Gasteiger partial charge on any atom is 0.389 e. The first kappa shape index (κ1) is 18.1. The largest absolute Gasteiger partial charge is 0.492 e. The molecule has 7 heteroatoms. The molecule has 0 saturated carbocycles. The quantitative estimate of drug-likeness (QED) is 0.701. The number of ether oxygens (including phenoxy) is 2. The van der Waals surface area contributed by atoms with Gasteiger partial charge in [0.25, 0.3) is 0 Å². The van der Waals surface area contributed by atoms with Gasteiger partial charge in [-0.05, 0) is 12.5 Å². The molecule has 0 unspecified atom stereocenters. The molecule has 1 aromatic carbocycles. The number of hydrogen-bond acceptors (Lipinski definition) is 3. The topological polar surface area (TPSA) is 30.5 Å². The standard InChI is InChI=1S/C14H19ClF3NO2/c1-20-9-7-19-10-11-4-2-5-12(15)13(11)21-8-3-6-14(16,17)18/h2,4-5,19H,3,6-10H2,1H3. The van der Waals surface area contributed by atoms with Crippen molar-refractivity contribution in [1.82, 2.24) is 5.32 Å². The van der Waals surface area contributed by atoms with Gasteiger partial charge in [0.1, 0.15) is 5.75 Å². The smallest absolute Gasteiger partial charge is 0.389 e. The maximum atomic E-state index is 12.1. The van der Waals surface area contributed by atoms with Crippen LogP contribution in [0.1, 0.15) is 18.4 Å². The summed E-state index contributed by atoms with van der Waals surface area (Å²) in [5.41, 5.74) is 0.811. The van der Waals surface area contributed by atoms with Crippen LogP contribution in [-0.2, 0) is 11.3 Å². The lowest BCUT2D eigenvalue weighted by Crippen LogP contribution is -2.19. The van der Waals surface area contributed by atoms with E-state index in [0.717, 1.165) is 5.56 Å². The second-order valence-corrected chi connectivity index (χ2v) is 4.87. The summed E-state index contributed by atoms with van der Waals surface area (Å²) in [7, 11) is 1.61. The first-order valence-corrected chi connectivity index (χ1v) is 6.98. The van der Waals surface area contributed by atoms with Gasteiger partial charge in [-0.15, -0.1) is 0 Å². The van der Waals surface area contributed by atoms with E-state index in [1.54, 1.807) is 19.2 Å².